The van der Waals surface area contributed by atoms with Gasteiger partial charge in [-0.1, -0.05) is 13.8 Å². The molecule has 0 atom stereocenters. The highest BCUT2D eigenvalue weighted by Crippen LogP contribution is 2.05. The second kappa shape index (κ2) is 6.68. The molecule has 0 aliphatic carbocycles. The molecule has 1 heterocycles. The predicted octanol–water partition coefficient (Wildman–Crippen LogP) is 1.30. The number of guanidine groups is 1. The Hall–Kier alpha value is -0.730. The Balaban J connectivity index is 0.000000791. The van der Waals surface area contributed by atoms with Crippen LogP contribution in [0.15, 0.2) is 0 Å². The largest absolute Gasteiger partial charge is 0.349 e. The fourth-order valence-electron chi connectivity index (χ4n) is 1.86. The van der Waals surface area contributed by atoms with Gasteiger partial charge in [-0.25, -0.2) is 0 Å². The van der Waals surface area contributed by atoms with E-state index in [1.54, 1.807) is 0 Å². The van der Waals surface area contributed by atoms with Crippen molar-refractivity contribution in [2.75, 3.05) is 40.8 Å². The van der Waals surface area contributed by atoms with Crippen LogP contribution in [0.2, 0.25) is 0 Å². The molecule has 0 radical (unpaired) electrons. The smallest absolute Gasteiger partial charge is 0.270 e. The first-order valence-electron chi connectivity index (χ1n) is 5.67. The first-order valence-corrected chi connectivity index (χ1v) is 5.67. The van der Waals surface area contributed by atoms with Gasteiger partial charge in [-0.2, -0.15) is 0 Å². The summed E-state index contributed by atoms with van der Waals surface area (Å²) in [7, 11) is 6.39. The summed E-state index contributed by atoms with van der Waals surface area (Å²) < 4.78 is 2.20. The molecule has 1 saturated heterocycles. The molecule has 0 unspecified atom stereocenters. The lowest BCUT2D eigenvalue weighted by atomic mass is 10.3. The molecule has 1 aliphatic rings. The second-order valence-electron chi connectivity index (χ2n) is 3.55. The standard InChI is InChI=1S/C9H20N3.C2H6/c1-5-12-8-6-7-11(4)9(12)10(2)3;1-2/h5-8H2,1-4H3;1-2H3/q+1;. The summed E-state index contributed by atoms with van der Waals surface area (Å²) in [5.41, 5.74) is 0. The molecule has 1 rings (SSSR count). The highest BCUT2D eigenvalue weighted by atomic mass is 15.4. The zero-order valence-electron chi connectivity index (χ0n) is 10.7. The molecular weight excluding hydrogens is 174 g/mol. The van der Waals surface area contributed by atoms with E-state index in [0.717, 1.165) is 6.54 Å². The third kappa shape index (κ3) is 3.20. The zero-order valence-corrected chi connectivity index (χ0v) is 10.7. The SMILES string of the molecule is CC.CCN1CCCN(C)C1=[N+](C)C. The summed E-state index contributed by atoms with van der Waals surface area (Å²) in [5, 5.41) is 0. The van der Waals surface area contributed by atoms with Gasteiger partial charge in [-0.05, 0) is 6.92 Å². The van der Waals surface area contributed by atoms with Crippen molar-refractivity contribution in [3.8, 4) is 0 Å². The van der Waals surface area contributed by atoms with Crippen molar-refractivity contribution >= 4 is 5.96 Å². The number of rotatable bonds is 1. The fraction of sp³-hybridized carbons (Fsp3) is 0.909. The van der Waals surface area contributed by atoms with Crippen molar-refractivity contribution in [1.82, 2.24) is 9.80 Å². The van der Waals surface area contributed by atoms with Crippen LogP contribution < -0.4 is 0 Å². The van der Waals surface area contributed by atoms with Gasteiger partial charge in [0.15, 0.2) is 0 Å². The van der Waals surface area contributed by atoms with Crippen molar-refractivity contribution in [1.29, 1.82) is 0 Å². The maximum atomic E-state index is 2.42. The van der Waals surface area contributed by atoms with Crippen LogP contribution >= 0.6 is 0 Å². The van der Waals surface area contributed by atoms with Crippen LogP contribution in [0.25, 0.3) is 0 Å². The van der Waals surface area contributed by atoms with Crippen LogP contribution in [0.1, 0.15) is 27.2 Å². The Morgan fingerprint density at radius 1 is 1.21 bits per heavy atom. The summed E-state index contributed by atoms with van der Waals surface area (Å²) in [6, 6.07) is 0. The van der Waals surface area contributed by atoms with Gasteiger partial charge in [0.05, 0.1) is 40.8 Å². The predicted molar refractivity (Wildman–Crippen MR) is 63.0 cm³/mol. The molecule has 0 saturated carbocycles. The highest BCUT2D eigenvalue weighted by Gasteiger charge is 2.27. The highest BCUT2D eigenvalue weighted by molar-refractivity contribution is 5.75. The van der Waals surface area contributed by atoms with Crippen LogP contribution in [-0.4, -0.2) is 61.1 Å². The van der Waals surface area contributed by atoms with Crippen molar-refractivity contribution < 1.29 is 4.58 Å². The molecule has 0 bridgehead atoms. The average molecular weight is 200 g/mol. The topological polar surface area (TPSA) is 9.49 Å². The van der Waals surface area contributed by atoms with Crippen LogP contribution in [0.3, 0.4) is 0 Å². The molecule has 0 spiro atoms. The van der Waals surface area contributed by atoms with E-state index in [1.165, 1.54) is 25.5 Å². The first-order chi connectivity index (χ1) is 6.66. The Bertz CT molecular complexity index is 183. The zero-order chi connectivity index (χ0) is 11.1. The molecule has 84 valence electrons. The second-order valence-corrected chi connectivity index (χ2v) is 3.55. The lowest BCUT2D eigenvalue weighted by Gasteiger charge is -2.30. The van der Waals surface area contributed by atoms with Crippen LogP contribution in [0.4, 0.5) is 0 Å². The van der Waals surface area contributed by atoms with Gasteiger partial charge in [0, 0.05) is 6.42 Å². The van der Waals surface area contributed by atoms with Crippen molar-refractivity contribution in [2.24, 2.45) is 0 Å². The Labute approximate surface area is 89.0 Å². The Morgan fingerprint density at radius 2 is 1.79 bits per heavy atom. The molecule has 3 heteroatoms. The lowest BCUT2D eigenvalue weighted by molar-refractivity contribution is -0.477. The molecular formula is C11H26N3+. The molecule has 3 nitrogen and oxygen atoms in total. The monoisotopic (exact) mass is 200 g/mol. The van der Waals surface area contributed by atoms with Crippen LogP contribution in [0, 0.1) is 0 Å². The van der Waals surface area contributed by atoms with E-state index in [0.29, 0.717) is 0 Å². The van der Waals surface area contributed by atoms with Gasteiger partial charge < -0.3 is 0 Å². The fourth-order valence-corrected chi connectivity index (χ4v) is 1.86. The maximum Gasteiger partial charge on any atom is 0.349 e. The molecule has 1 aliphatic heterocycles. The van der Waals surface area contributed by atoms with E-state index in [4.69, 9.17) is 0 Å². The van der Waals surface area contributed by atoms with Gasteiger partial charge in [0.1, 0.15) is 0 Å². The van der Waals surface area contributed by atoms with Gasteiger partial charge >= 0.3 is 5.96 Å². The summed E-state index contributed by atoms with van der Waals surface area (Å²) in [6.07, 6.45) is 1.28. The minimum absolute atomic E-state index is 1.11. The minimum Gasteiger partial charge on any atom is -0.270 e. The normalized spacial score (nSPS) is 16.3. The Kier molecular flexibility index (Phi) is 6.34. The van der Waals surface area contributed by atoms with Crippen LogP contribution in [-0.2, 0) is 0 Å². The third-order valence-electron chi connectivity index (χ3n) is 2.33. The quantitative estimate of drug-likeness (QED) is 0.590. The van der Waals surface area contributed by atoms with E-state index >= 15 is 0 Å². The number of hydrogen-bond donors (Lipinski definition) is 0. The van der Waals surface area contributed by atoms with Crippen molar-refractivity contribution in [2.45, 2.75) is 27.2 Å². The van der Waals surface area contributed by atoms with Gasteiger partial charge in [0.25, 0.3) is 0 Å². The first kappa shape index (κ1) is 13.3. The minimum atomic E-state index is 1.11. The van der Waals surface area contributed by atoms with E-state index in [2.05, 4.69) is 42.4 Å². The summed E-state index contributed by atoms with van der Waals surface area (Å²) in [6.45, 7) is 9.71. The summed E-state index contributed by atoms with van der Waals surface area (Å²) in [5.74, 6) is 1.35. The van der Waals surface area contributed by atoms with Gasteiger partial charge in [-0.3, -0.25) is 14.4 Å². The molecule has 0 aromatic rings. The maximum absolute atomic E-state index is 2.42. The molecule has 0 N–H and O–H groups in total. The third-order valence-corrected chi connectivity index (χ3v) is 2.33. The van der Waals surface area contributed by atoms with Gasteiger partial charge in [-0.15, -0.1) is 0 Å². The van der Waals surface area contributed by atoms with Crippen molar-refractivity contribution in [3.63, 3.8) is 0 Å². The molecule has 0 amide bonds. The van der Waals surface area contributed by atoms with E-state index in [9.17, 15) is 0 Å². The molecule has 14 heavy (non-hydrogen) atoms. The van der Waals surface area contributed by atoms with Gasteiger partial charge in [0.2, 0.25) is 0 Å². The van der Waals surface area contributed by atoms with E-state index < -0.39 is 0 Å². The molecule has 0 aromatic heterocycles. The lowest BCUT2D eigenvalue weighted by Crippen LogP contribution is -2.51. The number of nitrogens with zero attached hydrogens (tertiary/aromatic N) is 3. The molecule has 1 fully saturated rings. The molecule has 0 aromatic carbocycles. The van der Waals surface area contributed by atoms with Crippen LogP contribution in [0.5, 0.6) is 0 Å². The van der Waals surface area contributed by atoms with Crippen molar-refractivity contribution in [3.05, 3.63) is 0 Å². The van der Waals surface area contributed by atoms with E-state index in [-0.39, 0.29) is 0 Å². The Morgan fingerprint density at radius 3 is 2.14 bits per heavy atom. The average Bonchev–Trinajstić information content (AvgIpc) is 2.19. The van der Waals surface area contributed by atoms with E-state index in [1.807, 2.05) is 13.8 Å². The summed E-state index contributed by atoms with van der Waals surface area (Å²) in [4.78, 5) is 4.75. The number of hydrogen-bond acceptors (Lipinski definition) is 0. The summed E-state index contributed by atoms with van der Waals surface area (Å²) >= 11 is 0.